The Hall–Kier alpha value is -3.96. The number of nitrogens with one attached hydrogen (secondary N) is 1. The number of benzene rings is 3. The van der Waals surface area contributed by atoms with Crippen LogP contribution in [0.5, 0.6) is 17.2 Å². The number of anilines is 1. The van der Waals surface area contributed by atoms with Crippen molar-refractivity contribution in [3.05, 3.63) is 82.3 Å². The zero-order valence-electron chi connectivity index (χ0n) is 22.3. The number of methoxy groups -OCH3 is 3. The minimum Gasteiger partial charge on any atom is -0.497 e. The van der Waals surface area contributed by atoms with E-state index in [1.165, 1.54) is 11.3 Å². The summed E-state index contributed by atoms with van der Waals surface area (Å²) in [6, 6.07) is 20.3. The molecule has 0 bridgehead atoms. The highest BCUT2D eigenvalue weighted by Crippen LogP contribution is 2.29. The van der Waals surface area contributed by atoms with Gasteiger partial charge in [-0.15, -0.1) is 10.2 Å². The minimum absolute atomic E-state index is 0.0982. The third-order valence-corrected chi connectivity index (χ3v) is 7.53. The second-order valence-electron chi connectivity index (χ2n) is 8.68. The van der Waals surface area contributed by atoms with Gasteiger partial charge in [0.15, 0.2) is 11.5 Å². The number of hydrogen-bond acceptors (Lipinski definition) is 8. The molecule has 0 saturated heterocycles. The average molecular weight is 626 g/mol. The molecule has 0 atom stereocenters. The molecule has 3 aromatic carbocycles. The van der Waals surface area contributed by atoms with Crippen molar-refractivity contribution in [1.82, 2.24) is 15.1 Å². The van der Waals surface area contributed by atoms with Gasteiger partial charge in [-0.3, -0.25) is 9.59 Å². The second kappa shape index (κ2) is 13.9. The Labute approximate surface area is 245 Å². The fraction of sp³-hybridized carbons (Fsp3) is 0.241. The predicted octanol–water partition coefficient (Wildman–Crippen LogP) is 5.71. The molecular formula is C29H29BrN4O5S. The maximum atomic E-state index is 13.4. The average Bonchev–Trinajstić information content (AvgIpc) is 3.45. The Kier molecular flexibility index (Phi) is 10.1. The Balaban J connectivity index is 1.43. The summed E-state index contributed by atoms with van der Waals surface area (Å²) >= 11 is 4.71. The highest BCUT2D eigenvalue weighted by atomic mass is 79.9. The van der Waals surface area contributed by atoms with Crippen LogP contribution in [0, 0.1) is 0 Å². The number of nitrogens with zero attached hydrogens (tertiary/aromatic N) is 3. The normalized spacial score (nSPS) is 10.6. The van der Waals surface area contributed by atoms with Gasteiger partial charge in [-0.1, -0.05) is 45.5 Å². The molecule has 1 aromatic heterocycles. The quantitative estimate of drug-likeness (QED) is 0.215. The van der Waals surface area contributed by atoms with Gasteiger partial charge in [0.25, 0.3) is 5.91 Å². The van der Waals surface area contributed by atoms with Gasteiger partial charge in [-0.05, 0) is 60.5 Å². The summed E-state index contributed by atoms with van der Waals surface area (Å²) in [5.74, 6) is 1.48. The lowest BCUT2D eigenvalue weighted by molar-refractivity contribution is -0.116. The molecule has 40 heavy (non-hydrogen) atoms. The van der Waals surface area contributed by atoms with Gasteiger partial charge < -0.3 is 24.4 Å². The van der Waals surface area contributed by atoms with Crippen molar-refractivity contribution in [2.75, 3.05) is 39.7 Å². The first-order valence-electron chi connectivity index (χ1n) is 12.4. The summed E-state index contributed by atoms with van der Waals surface area (Å²) in [6.45, 7) is 0.627. The second-order valence-corrected chi connectivity index (χ2v) is 10.6. The fourth-order valence-electron chi connectivity index (χ4n) is 3.93. The van der Waals surface area contributed by atoms with E-state index in [1.807, 2.05) is 42.5 Å². The Morgan fingerprint density at radius 1 is 0.875 bits per heavy atom. The van der Waals surface area contributed by atoms with E-state index >= 15 is 0 Å². The van der Waals surface area contributed by atoms with E-state index in [0.29, 0.717) is 45.9 Å². The number of aromatic nitrogens is 2. The maximum absolute atomic E-state index is 13.4. The summed E-state index contributed by atoms with van der Waals surface area (Å²) in [7, 11) is 4.74. The van der Waals surface area contributed by atoms with Crippen molar-refractivity contribution in [2.45, 2.75) is 12.8 Å². The van der Waals surface area contributed by atoms with Crippen LogP contribution in [0.1, 0.15) is 22.3 Å². The lowest BCUT2D eigenvalue weighted by Crippen LogP contribution is -2.35. The molecule has 2 amide bonds. The molecule has 0 aliphatic rings. The maximum Gasteiger partial charge on any atom is 0.253 e. The lowest BCUT2D eigenvalue weighted by Gasteiger charge is -2.23. The number of halogens is 1. The van der Waals surface area contributed by atoms with E-state index in [2.05, 4.69) is 31.4 Å². The van der Waals surface area contributed by atoms with Gasteiger partial charge >= 0.3 is 0 Å². The van der Waals surface area contributed by atoms with Crippen LogP contribution in [0.2, 0.25) is 0 Å². The van der Waals surface area contributed by atoms with Crippen LogP contribution in [0.15, 0.2) is 71.2 Å². The summed E-state index contributed by atoms with van der Waals surface area (Å²) in [5.41, 5.74) is 2.40. The zero-order chi connectivity index (χ0) is 28.5. The van der Waals surface area contributed by atoms with Crippen LogP contribution >= 0.6 is 27.3 Å². The van der Waals surface area contributed by atoms with Crippen molar-refractivity contribution in [1.29, 1.82) is 0 Å². The molecule has 0 saturated carbocycles. The summed E-state index contributed by atoms with van der Waals surface area (Å²) < 4.78 is 16.9. The third-order valence-electron chi connectivity index (χ3n) is 6.11. The van der Waals surface area contributed by atoms with Gasteiger partial charge in [0.05, 0.1) is 21.3 Å². The van der Waals surface area contributed by atoms with Crippen molar-refractivity contribution in [3.8, 4) is 27.8 Å². The van der Waals surface area contributed by atoms with Crippen LogP contribution < -0.4 is 19.5 Å². The van der Waals surface area contributed by atoms with Crippen molar-refractivity contribution in [2.24, 2.45) is 0 Å². The van der Waals surface area contributed by atoms with Crippen LogP contribution in [0.3, 0.4) is 0 Å². The third kappa shape index (κ3) is 7.57. The van der Waals surface area contributed by atoms with Crippen molar-refractivity contribution < 1.29 is 23.8 Å². The van der Waals surface area contributed by atoms with E-state index in [9.17, 15) is 9.59 Å². The van der Waals surface area contributed by atoms with Crippen LogP contribution in [0.25, 0.3) is 10.6 Å². The smallest absolute Gasteiger partial charge is 0.253 e. The first-order chi connectivity index (χ1) is 19.4. The molecule has 4 rings (SSSR count). The van der Waals surface area contributed by atoms with Gasteiger partial charge in [-0.2, -0.15) is 0 Å². The molecule has 4 aromatic rings. The Morgan fingerprint density at radius 3 is 2.27 bits per heavy atom. The number of carbonyl (C=O) groups is 2. The number of amides is 2. The van der Waals surface area contributed by atoms with E-state index in [-0.39, 0.29) is 24.8 Å². The van der Waals surface area contributed by atoms with Crippen LogP contribution in [-0.2, 0) is 11.2 Å². The molecule has 0 radical (unpaired) electrons. The standard InChI is InChI=1S/C29H29BrN4O5S/c1-37-23-11-7-21(8-12-23)28(36)34(16-14-19-4-13-24(38-2)25(18-19)39-3)17-15-26(35)31-29-33-32-27(40-29)20-5-9-22(30)10-6-20/h4-13,18H,14-17H2,1-3H3,(H,31,33,35). The molecule has 0 aliphatic carbocycles. The van der Waals surface area contributed by atoms with Gasteiger partial charge in [0, 0.05) is 35.1 Å². The molecule has 0 spiro atoms. The molecule has 0 fully saturated rings. The molecule has 1 N–H and O–H groups in total. The summed E-state index contributed by atoms with van der Waals surface area (Å²) in [5, 5.41) is 12.2. The first kappa shape index (κ1) is 29.0. The van der Waals surface area contributed by atoms with E-state index in [0.717, 1.165) is 15.6 Å². The molecule has 11 heteroatoms. The molecule has 1 heterocycles. The Morgan fingerprint density at radius 2 is 1.60 bits per heavy atom. The molecule has 0 aliphatic heterocycles. The number of carbonyl (C=O) groups excluding carboxylic acids is 2. The number of rotatable bonds is 12. The van der Waals surface area contributed by atoms with Crippen LogP contribution in [-0.4, -0.2) is 61.3 Å². The predicted molar refractivity (Wildman–Crippen MR) is 158 cm³/mol. The monoisotopic (exact) mass is 624 g/mol. The molecule has 9 nitrogen and oxygen atoms in total. The number of hydrogen-bond donors (Lipinski definition) is 1. The summed E-state index contributed by atoms with van der Waals surface area (Å²) in [4.78, 5) is 27.9. The van der Waals surface area contributed by atoms with Crippen molar-refractivity contribution in [3.63, 3.8) is 0 Å². The lowest BCUT2D eigenvalue weighted by atomic mass is 10.1. The first-order valence-corrected chi connectivity index (χ1v) is 14.0. The topological polar surface area (TPSA) is 103 Å². The van der Waals surface area contributed by atoms with Gasteiger partial charge in [-0.25, -0.2) is 0 Å². The molecule has 0 unspecified atom stereocenters. The number of ether oxygens (including phenoxy) is 3. The van der Waals surface area contributed by atoms with Crippen LogP contribution in [0.4, 0.5) is 5.13 Å². The largest absolute Gasteiger partial charge is 0.497 e. The van der Waals surface area contributed by atoms with Gasteiger partial charge in [0.1, 0.15) is 10.8 Å². The fourth-order valence-corrected chi connectivity index (χ4v) is 4.96. The molecule has 208 valence electrons. The molecular weight excluding hydrogens is 596 g/mol. The minimum atomic E-state index is -0.253. The highest BCUT2D eigenvalue weighted by molar-refractivity contribution is 9.10. The van der Waals surface area contributed by atoms with E-state index in [4.69, 9.17) is 14.2 Å². The highest BCUT2D eigenvalue weighted by Gasteiger charge is 2.19. The van der Waals surface area contributed by atoms with Gasteiger partial charge in [0.2, 0.25) is 11.0 Å². The zero-order valence-corrected chi connectivity index (χ0v) is 24.8. The van der Waals surface area contributed by atoms with Crippen molar-refractivity contribution >= 4 is 44.2 Å². The van der Waals surface area contributed by atoms with E-state index in [1.54, 1.807) is 50.5 Å². The SMILES string of the molecule is COc1ccc(C(=O)N(CCC(=O)Nc2nnc(-c3ccc(Br)cc3)s2)CCc2ccc(OC)c(OC)c2)cc1. The van der Waals surface area contributed by atoms with E-state index < -0.39 is 0 Å². The Bertz CT molecular complexity index is 1440. The summed E-state index contributed by atoms with van der Waals surface area (Å²) in [6.07, 6.45) is 0.665.